The normalized spacial score (nSPS) is 12.2. The molecule has 3 rings (SSSR count). The van der Waals surface area contributed by atoms with Gasteiger partial charge < -0.3 is 35.3 Å². The Morgan fingerprint density at radius 1 is 1.03 bits per heavy atom. The van der Waals surface area contributed by atoms with E-state index in [1.54, 1.807) is 69.1 Å². The molecule has 4 N–H and O–H groups in total. The Morgan fingerprint density at radius 3 is 2.38 bits per heavy atom. The SMILES string of the molecule is CN(C)CC(=O)N(C)c1cccc(CC(NC(=O)OC(C)(C)C)C(=O)Nc2ccc3[nH]c(C(=O)O)cc3c2)c1. The smallest absolute Gasteiger partial charge is 0.408 e. The number of likely N-dealkylation sites (N-methyl/N-ethyl adjacent to an activating group) is 2. The summed E-state index contributed by atoms with van der Waals surface area (Å²) in [6.45, 7) is 5.42. The number of H-pyrrole nitrogens is 1. The minimum atomic E-state index is -1.09. The number of amides is 3. The van der Waals surface area contributed by atoms with Gasteiger partial charge >= 0.3 is 12.1 Å². The summed E-state index contributed by atoms with van der Waals surface area (Å²) in [6.07, 6.45) is -0.617. The van der Waals surface area contributed by atoms with E-state index < -0.39 is 29.6 Å². The van der Waals surface area contributed by atoms with Gasteiger partial charge in [0.1, 0.15) is 17.3 Å². The zero-order chi connectivity index (χ0) is 28.9. The Morgan fingerprint density at radius 2 is 1.74 bits per heavy atom. The molecule has 0 bridgehead atoms. The molecule has 2 aromatic carbocycles. The first-order valence-electron chi connectivity index (χ1n) is 12.4. The standard InChI is InChI=1S/C28H35N5O6/c1-28(2,3)39-27(38)31-22(13-17-8-7-9-20(12-17)33(6)24(34)16-32(4)5)25(35)29-19-10-11-21-18(14-19)15-23(30-21)26(36)37/h7-12,14-15,22,30H,13,16H2,1-6H3,(H,29,35)(H,31,38)(H,36,37). The number of alkyl carbamates (subject to hydrolysis) is 1. The fourth-order valence-electron chi connectivity index (χ4n) is 3.86. The maximum Gasteiger partial charge on any atom is 0.408 e. The molecular formula is C28H35N5O6. The minimum Gasteiger partial charge on any atom is -0.477 e. The molecule has 1 atom stereocenters. The van der Waals surface area contributed by atoms with Crippen LogP contribution in [0.5, 0.6) is 0 Å². The van der Waals surface area contributed by atoms with E-state index in [9.17, 15) is 24.3 Å². The van der Waals surface area contributed by atoms with Gasteiger partial charge in [0.15, 0.2) is 0 Å². The van der Waals surface area contributed by atoms with Gasteiger partial charge in [-0.2, -0.15) is 0 Å². The highest BCUT2D eigenvalue weighted by Gasteiger charge is 2.25. The molecule has 0 aliphatic heterocycles. The fraction of sp³-hybridized carbons (Fsp3) is 0.357. The number of carboxylic acid groups (broad SMARTS) is 1. The van der Waals surface area contributed by atoms with Crippen molar-refractivity contribution in [2.75, 3.05) is 37.9 Å². The number of fused-ring (bicyclic) bond motifs is 1. The Hall–Kier alpha value is -4.38. The van der Waals surface area contributed by atoms with E-state index in [1.165, 1.54) is 11.0 Å². The molecule has 0 fully saturated rings. The number of carboxylic acids is 1. The van der Waals surface area contributed by atoms with Crippen LogP contribution in [0.4, 0.5) is 16.2 Å². The quantitative estimate of drug-likeness (QED) is 0.327. The van der Waals surface area contributed by atoms with E-state index in [4.69, 9.17) is 4.74 Å². The van der Waals surface area contributed by atoms with Crippen molar-refractivity contribution in [3.63, 3.8) is 0 Å². The Balaban J connectivity index is 1.83. The number of carbonyl (C=O) groups is 4. The Labute approximate surface area is 227 Å². The minimum absolute atomic E-state index is 0.0341. The third-order valence-corrected chi connectivity index (χ3v) is 5.69. The average Bonchev–Trinajstić information content (AvgIpc) is 3.25. The van der Waals surface area contributed by atoms with Crippen LogP contribution in [0.1, 0.15) is 36.8 Å². The van der Waals surface area contributed by atoms with Crippen molar-refractivity contribution in [3.05, 3.63) is 59.8 Å². The van der Waals surface area contributed by atoms with E-state index >= 15 is 0 Å². The second-order valence-corrected chi connectivity index (χ2v) is 10.5. The van der Waals surface area contributed by atoms with Crippen molar-refractivity contribution in [2.24, 2.45) is 0 Å². The van der Waals surface area contributed by atoms with Crippen LogP contribution >= 0.6 is 0 Å². The molecule has 0 saturated carbocycles. The topological polar surface area (TPSA) is 144 Å². The van der Waals surface area contributed by atoms with Crippen LogP contribution in [-0.4, -0.2) is 78.2 Å². The molecule has 208 valence electrons. The van der Waals surface area contributed by atoms with Crippen molar-refractivity contribution in [3.8, 4) is 0 Å². The number of rotatable bonds is 9. The van der Waals surface area contributed by atoms with E-state index in [2.05, 4.69) is 15.6 Å². The number of hydrogen-bond acceptors (Lipinski definition) is 6. The highest BCUT2D eigenvalue weighted by Crippen LogP contribution is 2.22. The summed E-state index contributed by atoms with van der Waals surface area (Å²) in [5.74, 6) is -1.67. The number of ether oxygens (including phenoxy) is 1. The number of aromatic nitrogens is 1. The van der Waals surface area contributed by atoms with Crippen molar-refractivity contribution in [1.29, 1.82) is 0 Å². The molecule has 0 saturated heterocycles. The van der Waals surface area contributed by atoms with Crippen LogP contribution in [0.25, 0.3) is 10.9 Å². The van der Waals surface area contributed by atoms with Gasteiger partial charge in [-0.25, -0.2) is 9.59 Å². The second kappa shape index (κ2) is 12.0. The van der Waals surface area contributed by atoms with Crippen molar-refractivity contribution < 1.29 is 29.0 Å². The number of carbonyl (C=O) groups excluding carboxylic acids is 3. The van der Waals surface area contributed by atoms with Crippen molar-refractivity contribution >= 4 is 46.2 Å². The summed E-state index contributed by atoms with van der Waals surface area (Å²) in [5.41, 5.74) is 1.69. The monoisotopic (exact) mass is 537 g/mol. The summed E-state index contributed by atoms with van der Waals surface area (Å²) in [6, 6.07) is 12.6. The number of benzene rings is 2. The zero-order valence-electron chi connectivity index (χ0n) is 23.0. The third kappa shape index (κ3) is 8.30. The Bertz CT molecular complexity index is 1370. The number of nitrogens with zero attached hydrogens (tertiary/aromatic N) is 2. The predicted octanol–water partition coefficient (Wildman–Crippen LogP) is 3.47. The lowest BCUT2D eigenvalue weighted by atomic mass is 10.0. The van der Waals surface area contributed by atoms with Crippen LogP contribution in [0.15, 0.2) is 48.5 Å². The van der Waals surface area contributed by atoms with Gasteiger partial charge in [-0.1, -0.05) is 12.1 Å². The maximum atomic E-state index is 13.4. The molecule has 0 aliphatic rings. The van der Waals surface area contributed by atoms with Crippen molar-refractivity contribution in [1.82, 2.24) is 15.2 Å². The van der Waals surface area contributed by atoms with Crippen LogP contribution in [0, 0.1) is 0 Å². The number of hydrogen-bond donors (Lipinski definition) is 4. The molecule has 3 aromatic rings. The number of nitrogens with one attached hydrogen (secondary N) is 3. The molecule has 11 heteroatoms. The summed E-state index contributed by atoms with van der Waals surface area (Å²) in [4.78, 5) is 55.9. The van der Waals surface area contributed by atoms with Gasteiger partial charge in [-0.05, 0) is 76.8 Å². The number of anilines is 2. The van der Waals surface area contributed by atoms with Gasteiger partial charge in [-0.3, -0.25) is 9.59 Å². The van der Waals surface area contributed by atoms with Crippen LogP contribution < -0.4 is 15.5 Å². The molecule has 3 amide bonds. The van der Waals surface area contributed by atoms with Gasteiger partial charge in [-0.15, -0.1) is 0 Å². The van der Waals surface area contributed by atoms with E-state index in [1.807, 2.05) is 20.2 Å². The highest BCUT2D eigenvalue weighted by atomic mass is 16.6. The molecule has 11 nitrogen and oxygen atoms in total. The van der Waals surface area contributed by atoms with E-state index in [-0.39, 0.29) is 24.6 Å². The third-order valence-electron chi connectivity index (χ3n) is 5.69. The Kier molecular flexibility index (Phi) is 8.97. The van der Waals surface area contributed by atoms with Gasteiger partial charge in [0, 0.05) is 35.7 Å². The summed E-state index contributed by atoms with van der Waals surface area (Å²) in [7, 11) is 5.31. The van der Waals surface area contributed by atoms with Gasteiger partial charge in [0.2, 0.25) is 11.8 Å². The zero-order valence-corrected chi connectivity index (χ0v) is 23.0. The van der Waals surface area contributed by atoms with Gasteiger partial charge in [0.05, 0.1) is 6.54 Å². The number of aromatic carboxylic acids is 1. The first kappa shape index (κ1) is 29.2. The lowest BCUT2D eigenvalue weighted by Crippen LogP contribution is -2.47. The van der Waals surface area contributed by atoms with Crippen LogP contribution in [-0.2, 0) is 20.7 Å². The molecular weight excluding hydrogens is 502 g/mol. The van der Waals surface area contributed by atoms with E-state index in [0.717, 1.165) is 5.56 Å². The number of aromatic amines is 1. The predicted molar refractivity (Wildman–Crippen MR) is 149 cm³/mol. The largest absolute Gasteiger partial charge is 0.477 e. The molecule has 39 heavy (non-hydrogen) atoms. The molecule has 0 spiro atoms. The second-order valence-electron chi connectivity index (χ2n) is 10.5. The van der Waals surface area contributed by atoms with Crippen molar-refractivity contribution in [2.45, 2.75) is 38.8 Å². The lowest BCUT2D eigenvalue weighted by molar-refractivity contribution is -0.119. The lowest BCUT2D eigenvalue weighted by Gasteiger charge is -2.24. The first-order chi connectivity index (χ1) is 18.2. The maximum absolute atomic E-state index is 13.4. The van der Waals surface area contributed by atoms with E-state index in [0.29, 0.717) is 22.3 Å². The average molecular weight is 538 g/mol. The van der Waals surface area contributed by atoms with Crippen LogP contribution in [0.3, 0.4) is 0 Å². The fourth-order valence-corrected chi connectivity index (χ4v) is 3.86. The summed E-state index contributed by atoms with van der Waals surface area (Å²) >= 11 is 0. The molecule has 0 radical (unpaired) electrons. The summed E-state index contributed by atoms with van der Waals surface area (Å²) < 4.78 is 5.37. The molecule has 1 unspecified atom stereocenters. The van der Waals surface area contributed by atoms with Crippen LogP contribution in [0.2, 0.25) is 0 Å². The molecule has 1 heterocycles. The van der Waals surface area contributed by atoms with Gasteiger partial charge in [0.25, 0.3) is 0 Å². The molecule has 0 aliphatic carbocycles. The highest BCUT2D eigenvalue weighted by molar-refractivity contribution is 6.00. The molecule has 1 aromatic heterocycles. The first-order valence-corrected chi connectivity index (χ1v) is 12.4. The summed E-state index contributed by atoms with van der Waals surface area (Å²) in [5, 5.41) is 15.3.